The zero-order valence-corrected chi connectivity index (χ0v) is 34.0. The number of anilines is 2. The second-order valence-corrected chi connectivity index (χ2v) is 18.5. The molecule has 1 aliphatic carbocycles. The molecule has 15 heteroatoms. The Balaban J connectivity index is 1.10. The summed E-state index contributed by atoms with van der Waals surface area (Å²) in [5, 5.41) is 3.60. The summed E-state index contributed by atoms with van der Waals surface area (Å²) in [5.41, 5.74) is -0.131. The topological polar surface area (TPSA) is 116 Å². The maximum absolute atomic E-state index is 13.9. The summed E-state index contributed by atoms with van der Waals surface area (Å²) in [7, 11) is -10.8. The van der Waals surface area contributed by atoms with Crippen molar-refractivity contribution in [1.29, 1.82) is 0 Å². The zero-order chi connectivity index (χ0) is 40.8. The quantitative estimate of drug-likeness (QED) is 0.130. The van der Waals surface area contributed by atoms with Gasteiger partial charge in [-0.05, 0) is 116 Å². The minimum absolute atomic E-state index is 0.00514. The molecular formula is C42H46ClF3N4O5S2. The number of carbonyl (C=O) groups is 1. The van der Waals surface area contributed by atoms with Gasteiger partial charge in [0.05, 0.1) is 10.6 Å². The average molecular weight is 843 g/mol. The van der Waals surface area contributed by atoms with Crippen LogP contribution in [0.2, 0.25) is 5.02 Å². The van der Waals surface area contributed by atoms with E-state index in [0.717, 1.165) is 74.0 Å². The number of piperazine rings is 1. The van der Waals surface area contributed by atoms with Crippen LogP contribution in [0.1, 0.15) is 66.9 Å². The molecule has 0 aromatic heterocycles. The van der Waals surface area contributed by atoms with Crippen LogP contribution in [0.25, 0.3) is 5.57 Å². The Morgan fingerprint density at radius 2 is 1.51 bits per heavy atom. The predicted molar refractivity (Wildman–Crippen MR) is 219 cm³/mol. The molecule has 1 fully saturated rings. The molecule has 304 valence electrons. The van der Waals surface area contributed by atoms with Crippen molar-refractivity contribution in [1.82, 2.24) is 9.62 Å². The van der Waals surface area contributed by atoms with Crippen LogP contribution in [0, 0.1) is 0 Å². The second-order valence-electron chi connectivity index (χ2n) is 14.4. The summed E-state index contributed by atoms with van der Waals surface area (Å²) in [6.07, 6.45) is 5.98. The summed E-state index contributed by atoms with van der Waals surface area (Å²) in [6, 6.07) is 25.8. The number of alkyl halides is 3. The normalized spacial score (nSPS) is 16.3. The fraction of sp³-hybridized carbons (Fsp3) is 0.357. The van der Waals surface area contributed by atoms with Gasteiger partial charge >= 0.3 is 5.51 Å². The van der Waals surface area contributed by atoms with Gasteiger partial charge in [0.1, 0.15) is 4.90 Å². The molecule has 9 nitrogen and oxygen atoms in total. The third kappa shape index (κ3) is 10.4. The fourth-order valence-electron chi connectivity index (χ4n) is 7.36. The Kier molecular flexibility index (Phi) is 13.4. The SMILES string of the molecule is CC[C@H](CCc1ccccc1)Nc1ccc(S(=O)(=O)NC(=O)c2ccc(N3CCN(CC4=C(c5ccc(Cl)cc5)CCCC4)CC3)cc2)cc1S(=O)(=O)C(F)(F)F. The van der Waals surface area contributed by atoms with E-state index in [1.165, 1.54) is 41.7 Å². The first kappa shape index (κ1) is 42.2. The van der Waals surface area contributed by atoms with Gasteiger partial charge in [-0.1, -0.05) is 66.6 Å². The maximum Gasteiger partial charge on any atom is 0.501 e. The number of nitrogens with zero attached hydrogens (tertiary/aromatic N) is 2. The number of benzene rings is 4. The highest BCUT2D eigenvalue weighted by Gasteiger charge is 2.48. The van der Waals surface area contributed by atoms with Crippen LogP contribution >= 0.6 is 11.6 Å². The molecule has 2 aliphatic rings. The smallest absolute Gasteiger partial charge is 0.381 e. The molecule has 0 unspecified atom stereocenters. The maximum atomic E-state index is 13.9. The molecule has 0 spiro atoms. The molecule has 1 heterocycles. The number of nitrogens with one attached hydrogen (secondary N) is 2. The first-order valence-corrected chi connectivity index (χ1v) is 22.4. The Bertz CT molecular complexity index is 2280. The number of rotatable bonds is 14. The van der Waals surface area contributed by atoms with Crippen LogP contribution in [0.3, 0.4) is 0 Å². The number of hydrogen-bond acceptors (Lipinski definition) is 8. The lowest BCUT2D eigenvalue weighted by molar-refractivity contribution is -0.0435. The van der Waals surface area contributed by atoms with E-state index in [1.807, 2.05) is 47.2 Å². The van der Waals surface area contributed by atoms with E-state index in [0.29, 0.717) is 25.3 Å². The molecule has 2 N–H and O–H groups in total. The molecule has 4 aromatic rings. The number of amides is 1. The first-order valence-electron chi connectivity index (χ1n) is 19.0. The largest absolute Gasteiger partial charge is 0.501 e. The number of halogens is 4. The Morgan fingerprint density at radius 1 is 0.842 bits per heavy atom. The van der Waals surface area contributed by atoms with Crippen LogP contribution in [0.4, 0.5) is 24.5 Å². The van der Waals surface area contributed by atoms with Crippen molar-refractivity contribution >= 4 is 54.3 Å². The molecule has 1 atom stereocenters. The monoisotopic (exact) mass is 842 g/mol. The molecule has 4 aromatic carbocycles. The Hall–Kier alpha value is -4.37. The lowest BCUT2D eigenvalue weighted by atomic mass is 9.87. The summed E-state index contributed by atoms with van der Waals surface area (Å²) in [4.78, 5) is 15.7. The molecule has 0 bridgehead atoms. The molecule has 0 radical (unpaired) electrons. The molecular weight excluding hydrogens is 797 g/mol. The van der Waals surface area contributed by atoms with Crippen molar-refractivity contribution in [3.63, 3.8) is 0 Å². The van der Waals surface area contributed by atoms with Crippen LogP contribution in [-0.2, 0) is 26.3 Å². The van der Waals surface area contributed by atoms with E-state index in [1.54, 1.807) is 19.1 Å². The first-order chi connectivity index (χ1) is 27.1. The summed E-state index contributed by atoms with van der Waals surface area (Å²) >= 11 is 6.13. The van der Waals surface area contributed by atoms with Crippen LogP contribution in [-0.4, -0.2) is 71.9 Å². The number of hydrogen-bond donors (Lipinski definition) is 2. The zero-order valence-electron chi connectivity index (χ0n) is 31.6. The highest BCUT2D eigenvalue weighted by Crippen LogP contribution is 2.37. The fourth-order valence-corrected chi connectivity index (χ4v) is 9.51. The lowest BCUT2D eigenvalue weighted by Gasteiger charge is -2.37. The minimum Gasteiger partial charge on any atom is -0.381 e. The second kappa shape index (κ2) is 18.0. The van der Waals surface area contributed by atoms with Crippen LogP contribution in [0.15, 0.2) is 112 Å². The molecule has 0 saturated carbocycles. The highest BCUT2D eigenvalue weighted by molar-refractivity contribution is 7.92. The van der Waals surface area contributed by atoms with E-state index in [9.17, 15) is 34.8 Å². The van der Waals surface area contributed by atoms with Gasteiger partial charge in [0.15, 0.2) is 0 Å². The Labute approximate surface area is 337 Å². The molecule has 1 aliphatic heterocycles. The lowest BCUT2D eigenvalue weighted by Crippen LogP contribution is -2.47. The van der Waals surface area contributed by atoms with Crippen LogP contribution < -0.4 is 14.9 Å². The number of sulfone groups is 1. The van der Waals surface area contributed by atoms with Gasteiger partial charge in [-0.15, -0.1) is 0 Å². The Morgan fingerprint density at radius 3 is 2.16 bits per heavy atom. The summed E-state index contributed by atoms with van der Waals surface area (Å²) in [5.74, 6) is -1.02. The molecule has 6 rings (SSSR count). The summed E-state index contributed by atoms with van der Waals surface area (Å²) in [6.45, 7) is 5.89. The van der Waals surface area contributed by atoms with Crippen molar-refractivity contribution < 1.29 is 34.8 Å². The van der Waals surface area contributed by atoms with Gasteiger partial charge < -0.3 is 10.2 Å². The van der Waals surface area contributed by atoms with Crippen molar-refractivity contribution in [2.75, 3.05) is 42.9 Å². The van der Waals surface area contributed by atoms with Crippen molar-refractivity contribution in [2.24, 2.45) is 0 Å². The van der Waals surface area contributed by atoms with E-state index in [2.05, 4.69) is 27.2 Å². The third-order valence-electron chi connectivity index (χ3n) is 10.6. The predicted octanol–water partition coefficient (Wildman–Crippen LogP) is 8.73. The van der Waals surface area contributed by atoms with Crippen molar-refractivity contribution in [3.05, 3.63) is 124 Å². The number of sulfonamides is 1. The number of allylic oxidation sites excluding steroid dienone is 1. The van der Waals surface area contributed by atoms with Crippen LogP contribution in [0.5, 0.6) is 0 Å². The van der Waals surface area contributed by atoms with E-state index in [4.69, 9.17) is 11.6 Å². The van der Waals surface area contributed by atoms with E-state index < -0.39 is 47.1 Å². The molecule has 1 saturated heterocycles. The van der Waals surface area contributed by atoms with E-state index >= 15 is 0 Å². The molecule has 57 heavy (non-hydrogen) atoms. The van der Waals surface area contributed by atoms with Gasteiger partial charge in [-0.3, -0.25) is 9.69 Å². The van der Waals surface area contributed by atoms with Gasteiger partial charge in [0.25, 0.3) is 25.8 Å². The van der Waals surface area contributed by atoms with Crippen molar-refractivity contribution in [3.8, 4) is 0 Å². The number of carbonyl (C=O) groups excluding carboxylic acids is 1. The standard InChI is InChI=1S/C42H46ClF3N4O5S2/c1-2-35(19-12-30-8-4-3-5-9-30)47-39-23-22-37(28-40(39)56(52,53)42(44,45)46)57(54,55)48-41(51)32-15-20-36(21-16-32)50-26-24-49(25-27-50)29-33-10-6-7-11-38(33)31-13-17-34(43)18-14-31/h3-5,8-9,13-18,20-23,28,35,47H,2,6-7,10-12,19,24-27,29H2,1H3,(H,48,51)/t35-/m1/s1. The van der Waals surface area contributed by atoms with Gasteiger partial charge in [-0.25, -0.2) is 21.6 Å². The van der Waals surface area contributed by atoms with Gasteiger partial charge in [0, 0.05) is 55.0 Å². The van der Waals surface area contributed by atoms with E-state index in [-0.39, 0.29) is 11.3 Å². The molecule has 1 amide bonds. The summed E-state index contributed by atoms with van der Waals surface area (Å²) < 4.78 is 95.6. The average Bonchev–Trinajstić information content (AvgIpc) is 3.20. The minimum atomic E-state index is -5.99. The number of aryl methyl sites for hydroxylation is 1. The third-order valence-corrected chi connectivity index (χ3v) is 13.7. The van der Waals surface area contributed by atoms with Gasteiger partial charge in [0.2, 0.25) is 0 Å². The highest BCUT2D eigenvalue weighted by atomic mass is 35.5. The van der Waals surface area contributed by atoms with Gasteiger partial charge in [-0.2, -0.15) is 13.2 Å². The van der Waals surface area contributed by atoms with Crippen molar-refractivity contribution in [2.45, 2.75) is 73.2 Å².